The van der Waals surface area contributed by atoms with Crippen LogP contribution in [-0.4, -0.2) is 33.3 Å². The zero-order valence-electron chi connectivity index (χ0n) is 12.0. The summed E-state index contributed by atoms with van der Waals surface area (Å²) in [5, 5.41) is 3.41. The van der Waals surface area contributed by atoms with Gasteiger partial charge in [0.25, 0.3) is 0 Å². The van der Waals surface area contributed by atoms with Crippen LogP contribution in [0.15, 0.2) is 0 Å². The van der Waals surface area contributed by atoms with Crippen molar-refractivity contribution >= 4 is 10.0 Å². The number of unbranched alkanes of at least 4 members (excludes halogenated alkanes) is 1. The van der Waals surface area contributed by atoms with E-state index in [4.69, 9.17) is 0 Å². The topological polar surface area (TPSA) is 58.2 Å². The average molecular weight is 288 g/mol. The second-order valence-electron chi connectivity index (χ2n) is 6.39. The zero-order valence-corrected chi connectivity index (χ0v) is 12.8. The van der Waals surface area contributed by atoms with Crippen molar-refractivity contribution in [2.45, 2.75) is 57.9 Å². The standard InChI is InChI=1S/C14H28N2O2S/c1-12-4-5-13(10-12)11-16-19(17,18)9-3-2-8-15-14-6-7-14/h12-16H,2-11H2,1H3. The van der Waals surface area contributed by atoms with Crippen LogP contribution in [0.4, 0.5) is 0 Å². The van der Waals surface area contributed by atoms with Gasteiger partial charge in [0.1, 0.15) is 0 Å². The van der Waals surface area contributed by atoms with E-state index in [9.17, 15) is 8.42 Å². The molecule has 0 amide bonds. The van der Waals surface area contributed by atoms with Crippen LogP contribution in [-0.2, 0) is 10.0 Å². The first-order chi connectivity index (χ1) is 9.05. The molecule has 112 valence electrons. The molecule has 2 fully saturated rings. The highest BCUT2D eigenvalue weighted by atomic mass is 32.2. The number of rotatable bonds is 9. The van der Waals surface area contributed by atoms with E-state index in [1.807, 2.05) is 0 Å². The molecule has 5 heteroatoms. The molecule has 4 nitrogen and oxygen atoms in total. The summed E-state index contributed by atoms with van der Waals surface area (Å²) in [5.74, 6) is 1.60. The Bertz CT molecular complexity index is 366. The van der Waals surface area contributed by atoms with Gasteiger partial charge in [-0.3, -0.25) is 0 Å². The van der Waals surface area contributed by atoms with Crippen molar-refractivity contribution in [2.75, 3.05) is 18.8 Å². The van der Waals surface area contributed by atoms with E-state index >= 15 is 0 Å². The molecule has 0 spiro atoms. The summed E-state index contributed by atoms with van der Waals surface area (Å²) in [4.78, 5) is 0. The van der Waals surface area contributed by atoms with Gasteiger partial charge in [0.05, 0.1) is 5.75 Å². The minimum atomic E-state index is -3.05. The van der Waals surface area contributed by atoms with E-state index in [-0.39, 0.29) is 5.75 Å². The van der Waals surface area contributed by atoms with E-state index in [2.05, 4.69) is 17.0 Å². The molecule has 2 rings (SSSR count). The second-order valence-corrected chi connectivity index (χ2v) is 8.31. The van der Waals surface area contributed by atoms with Crippen LogP contribution in [0, 0.1) is 11.8 Å². The van der Waals surface area contributed by atoms with Gasteiger partial charge in [-0.15, -0.1) is 0 Å². The number of hydrogen-bond donors (Lipinski definition) is 2. The molecule has 2 aliphatic carbocycles. The molecule has 0 aromatic rings. The number of nitrogens with one attached hydrogen (secondary N) is 2. The van der Waals surface area contributed by atoms with Crippen LogP contribution in [0.25, 0.3) is 0 Å². The SMILES string of the molecule is CC1CCC(CNS(=O)(=O)CCCCNC2CC2)C1. The molecule has 19 heavy (non-hydrogen) atoms. The predicted octanol–water partition coefficient (Wildman–Crippen LogP) is 1.87. The summed E-state index contributed by atoms with van der Waals surface area (Å²) >= 11 is 0. The van der Waals surface area contributed by atoms with E-state index in [1.165, 1.54) is 32.1 Å². The van der Waals surface area contributed by atoms with Crippen molar-refractivity contribution in [3.8, 4) is 0 Å². The van der Waals surface area contributed by atoms with Gasteiger partial charge in [-0.2, -0.15) is 0 Å². The fraction of sp³-hybridized carbons (Fsp3) is 1.00. The van der Waals surface area contributed by atoms with E-state index in [1.54, 1.807) is 0 Å². The third-order valence-corrected chi connectivity index (χ3v) is 5.68. The molecule has 2 saturated carbocycles. The molecule has 2 N–H and O–H groups in total. The molecular formula is C14H28N2O2S. The van der Waals surface area contributed by atoms with Crippen LogP contribution < -0.4 is 10.0 Å². The molecule has 0 radical (unpaired) electrons. The van der Waals surface area contributed by atoms with Crippen LogP contribution in [0.3, 0.4) is 0 Å². The molecule has 2 unspecified atom stereocenters. The Morgan fingerprint density at radius 2 is 1.89 bits per heavy atom. The highest BCUT2D eigenvalue weighted by Gasteiger charge is 2.23. The molecule has 0 heterocycles. The van der Waals surface area contributed by atoms with Crippen molar-refractivity contribution in [2.24, 2.45) is 11.8 Å². The third-order valence-electron chi connectivity index (χ3n) is 4.25. The highest BCUT2D eigenvalue weighted by Crippen LogP contribution is 2.29. The number of hydrogen-bond acceptors (Lipinski definition) is 3. The Balaban J connectivity index is 1.53. The van der Waals surface area contributed by atoms with E-state index < -0.39 is 10.0 Å². The van der Waals surface area contributed by atoms with Gasteiger partial charge in [-0.1, -0.05) is 13.3 Å². The second kappa shape index (κ2) is 7.04. The maximum absolute atomic E-state index is 11.8. The van der Waals surface area contributed by atoms with Gasteiger partial charge >= 0.3 is 0 Å². The van der Waals surface area contributed by atoms with Gasteiger partial charge in [-0.25, -0.2) is 13.1 Å². The molecule has 0 bridgehead atoms. The van der Waals surface area contributed by atoms with Crippen LogP contribution in [0.2, 0.25) is 0 Å². The Morgan fingerprint density at radius 3 is 2.53 bits per heavy atom. The summed E-state index contributed by atoms with van der Waals surface area (Å²) in [6.45, 7) is 3.86. The monoisotopic (exact) mass is 288 g/mol. The molecule has 2 aliphatic rings. The lowest BCUT2D eigenvalue weighted by molar-refractivity contribution is 0.497. The maximum Gasteiger partial charge on any atom is 0.211 e. The zero-order chi connectivity index (χ0) is 13.7. The minimum absolute atomic E-state index is 0.279. The van der Waals surface area contributed by atoms with Gasteiger partial charge in [0.15, 0.2) is 0 Å². The smallest absolute Gasteiger partial charge is 0.211 e. The van der Waals surface area contributed by atoms with E-state index in [0.29, 0.717) is 12.5 Å². The summed E-state index contributed by atoms with van der Waals surface area (Å²) < 4.78 is 26.5. The summed E-state index contributed by atoms with van der Waals surface area (Å²) in [6, 6.07) is 0.721. The summed E-state index contributed by atoms with van der Waals surface area (Å²) in [7, 11) is -3.05. The minimum Gasteiger partial charge on any atom is -0.314 e. The van der Waals surface area contributed by atoms with Crippen molar-refractivity contribution in [1.29, 1.82) is 0 Å². The van der Waals surface area contributed by atoms with Gasteiger partial charge in [0.2, 0.25) is 10.0 Å². The Morgan fingerprint density at radius 1 is 1.11 bits per heavy atom. The van der Waals surface area contributed by atoms with Crippen LogP contribution in [0.5, 0.6) is 0 Å². The highest BCUT2D eigenvalue weighted by molar-refractivity contribution is 7.89. The normalized spacial score (nSPS) is 27.8. The molecule has 0 saturated heterocycles. The van der Waals surface area contributed by atoms with E-state index in [0.717, 1.165) is 31.3 Å². The first kappa shape index (κ1) is 15.3. The molecule has 2 atom stereocenters. The fourth-order valence-electron chi connectivity index (χ4n) is 2.84. The quantitative estimate of drug-likeness (QED) is 0.637. The fourth-order valence-corrected chi connectivity index (χ4v) is 4.06. The van der Waals surface area contributed by atoms with Crippen molar-refractivity contribution in [1.82, 2.24) is 10.0 Å². The van der Waals surface area contributed by atoms with Gasteiger partial charge in [-0.05, 0) is 56.9 Å². The van der Waals surface area contributed by atoms with Crippen LogP contribution >= 0.6 is 0 Å². The Labute approximate surface area is 117 Å². The first-order valence-corrected chi connectivity index (χ1v) is 9.41. The lowest BCUT2D eigenvalue weighted by Crippen LogP contribution is -2.31. The van der Waals surface area contributed by atoms with Crippen molar-refractivity contribution in [3.05, 3.63) is 0 Å². The lowest BCUT2D eigenvalue weighted by atomic mass is 10.1. The summed E-state index contributed by atoms with van der Waals surface area (Å²) in [6.07, 6.45) is 7.90. The van der Waals surface area contributed by atoms with Crippen LogP contribution in [0.1, 0.15) is 51.9 Å². The molecule has 0 aromatic carbocycles. The van der Waals surface area contributed by atoms with Crippen molar-refractivity contribution < 1.29 is 8.42 Å². The maximum atomic E-state index is 11.8. The lowest BCUT2D eigenvalue weighted by Gasteiger charge is -2.11. The molecule has 0 aromatic heterocycles. The molecule has 0 aliphatic heterocycles. The number of sulfonamides is 1. The molecular weight excluding hydrogens is 260 g/mol. The largest absolute Gasteiger partial charge is 0.314 e. The van der Waals surface area contributed by atoms with Gasteiger partial charge in [0, 0.05) is 12.6 Å². The predicted molar refractivity (Wildman–Crippen MR) is 78.6 cm³/mol. The van der Waals surface area contributed by atoms with Gasteiger partial charge < -0.3 is 5.32 Å². The Kier molecular flexibility index (Phi) is 5.66. The van der Waals surface area contributed by atoms with Crippen molar-refractivity contribution in [3.63, 3.8) is 0 Å². The average Bonchev–Trinajstić information content (AvgIpc) is 3.08. The Hall–Kier alpha value is -0.130. The first-order valence-electron chi connectivity index (χ1n) is 7.76. The summed E-state index contributed by atoms with van der Waals surface area (Å²) in [5.41, 5.74) is 0. The third kappa shape index (κ3) is 6.23.